The summed E-state index contributed by atoms with van der Waals surface area (Å²) in [5.41, 5.74) is 1.36. The molecule has 1 aliphatic rings. The van der Waals surface area contributed by atoms with Crippen LogP contribution in [-0.4, -0.2) is 36.9 Å². The summed E-state index contributed by atoms with van der Waals surface area (Å²) < 4.78 is 15.7. The van der Waals surface area contributed by atoms with E-state index in [0.29, 0.717) is 32.2 Å². The van der Waals surface area contributed by atoms with E-state index in [1.54, 1.807) is 69.7 Å². The van der Waals surface area contributed by atoms with Gasteiger partial charge in [-0.1, -0.05) is 23.4 Å². The van der Waals surface area contributed by atoms with Crippen molar-refractivity contribution in [3.8, 4) is 11.5 Å². The lowest BCUT2D eigenvalue weighted by molar-refractivity contribution is -0.138. The quantitative estimate of drug-likeness (QED) is 0.587. The molecule has 0 saturated carbocycles. The molecule has 6 nitrogen and oxygen atoms in total. The number of rotatable bonds is 6. The molecule has 0 radical (unpaired) electrons. The number of carbonyl (C=O) groups is 1. The minimum absolute atomic E-state index is 0.0258. The molecule has 0 atom stereocenters. The normalized spacial score (nSPS) is 16.3. The second-order valence-electron chi connectivity index (χ2n) is 6.09. The monoisotopic (exact) mass is 445 g/mol. The second kappa shape index (κ2) is 9.73. The van der Waals surface area contributed by atoms with Crippen molar-refractivity contribution in [3.63, 3.8) is 0 Å². The average Bonchev–Trinajstić information content (AvgIpc) is 3.04. The van der Waals surface area contributed by atoms with Crippen LogP contribution in [0.3, 0.4) is 0 Å². The number of ether oxygens (including phenoxy) is 3. The Morgan fingerprint density at radius 3 is 2.33 bits per heavy atom. The summed E-state index contributed by atoms with van der Waals surface area (Å²) in [4.78, 5) is 17.5. The van der Waals surface area contributed by atoms with Crippen LogP contribution in [0.5, 0.6) is 11.5 Å². The van der Waals surface area contributed by atoms with Crippen molar-refractivity contribution >= 4 is 46.1 Å². The van der Waals surface area contributed by atoms with Gasteiger partial charge in [-0.2, -0.15) is 0 Å². The van der Waals surface area contributed by atoms with Gasteiger partial charge in [0.25, 0.3) is 0 Å². The summed E-state index contributed by atoms with van der Waals surface area (Å²) in [5.74, 6) is 0.386. The summed E-state index contributed by atoms with van der Waals surface area (Å²) in [6.45, 7) is 1.88. The number of nitrogens with zero attached hydrogens (tertiary/aromatic N) is 1. The molecule has 3 rings (SSSR count). The molecule has 2 aromatic rings. The maximum Gasteiger partial charge on any atom is 0.344 e. The molecule has 0 fully saturated rings. The highest BCUT2D eigenvalue weighted by atomic mass is 35.5. The van der Waals surface area contributed by atoms with Crippen molar-refractivity contribution in [2.75, 3.05) is 20.8 Å². The van der Waals surface area contributed by atoms with Crippen molar-refractivity contribution in [3.05, 3.63) is 69.3 Å². The number of halogens is 1. The van der Waals surface area contributed by atoms with Gasteiger partial charge in [-0.3, -0.25) is 0 Å². The van der Waals surface area contributed by atoms with Crippen molar-refractivity contribution < 1.29 is 24.1 Å². The molecule has 0 aliphatic carbocycles. The third kappa shape index (κ3) is 4.98. The van der Waals surface area contributed by atoms with Crippen molar-refractivity contribution in [2.45, 2.75) is 6.92 Å². The molecule has 1 N–H and O–H groups in total. The Bertz CT molecular complexity index is 1020. The highest BCUT2D eigenvalue weighted by Gasteiger charge is 2.33. The number of benzene rings is 2. The minimum Gasteiger partial charge on any atom is -0.506 e. The molecule has 0 saturated heterocycles. The molecular weight excluding hydrogens is 426 g/mol. The molecule has 30 heavy (non-hydrogen) atoms. The number of aliphatic imine (C=N–C) groups is 1. The summed E-state index contributed by atoms with van der Waals surface area (Å²) in [7, 11) is 3.12. The van der Waals surface area contributed by atoms with Gasteiger partial charge in [0.15, 0.2) is 0 Å². The summed E-state index contributed by atoms with van der Waals surface area (Å²) in [6, 6.07) is 12.2. The molecule has 0 amide bonds. The molecule has 1 aliphatic heterocycles. The fourth-order valence-electron chi connectivity index (χ4n) is 2.69. The number of hydrogen-bond donors (Lipinski definition) is 1. The van der Waals surface area contributed by atoms with Crippen LogP contribution in [0.15, 0.2) is 63.7 Å². The van der Waals surface area contributed by atoms with Gasteiger partial charge in [0.05, 0.1) is 31.4 Å². The zero-order valence-corrected chi connectivity index (χ0v) is 18.2. The van der Waals surface area contributed by atoms with E-state index < -0.39 is 5.97 Å². The Hall–Kier alpha value is -2.90. The third-order valence-electron chi connectivity index (χ3n) is 4.10. The summed E-state index contributed by atoms with van der Waals surface area (Å²) in [5, 5.41) is 11.7. The smallest absolute Gasteiger partial charge is 0.344 e. The van der Waals surface area contributed by atoms with Gasteiger partial charge in [-0.15, -0.1) is 0 Å². The molecule has 156 valence electrons. The predicted molar refractivity (Wildman–Crippen MR) is 120 cm³/mol. The zero-order valence-electron chi connectivity index (χ0n) is 16.6. The van der Waals surface area contributed by atoms with Crippen LogP contribution in [0.4, 0.5) is 5.69 Å². The molecular formula is C22H20ClNO5S. The van der Waals surface area contributed by atoms with Crippen LogP contribution in [0.2, 0.25) is 5.02 Å². The molecule has 2 aromatic carbocycles. The molecule has 0 aromatic heterocycles. The summed E-state index contributed by atoms with van der Waals surface area (Å²) in [6.07, 6.45) is 1.73. The fraction of sp³-hybridized carbons (Fsp3) is 0.182. The maximum atomic E-state index is 12.5. The first-order valence-corrected chi connectivity index (χ1v) is 10.2. The van der Waals surface area contributed by atoms with E-state index in [9.17, 15) is 9.90 Å². The Kier molecular flexibility index (Phi) is 7.07. The van der Waals surface area contributed by atoms with Gasteiger partial charge in [0, 0.05) is 11.1 Å². The lowest BCUT2D eigenvalue weighted by Crippen LogP contribution is -2.12. The zero-order chi connectivity index (χ0) is 21.7. The first-order chi connectivity index (χ1) is 14.4. The third-order valence-corrected chi connectivity index (χ3v) is 5.37. The Morgan fingerprint density at radius 1 is 1.13 bits per heavy atom. The van der Waals surface area contributed by atoms with Gasteiger partial charge >= 0.3 is 5.97 Å². The number of carbonyl (C=O) groups excluding carboxylic acids is 1. The Morgan fingerprint density at radius 2 is 1.77 bits per heavy atom. The van der Waals surface area contributed by atoms with Crippen LogP contribution in [0.1, 0.15) is 12.5 Å². The average molecular weight is 446 g/mol. The number of thioether (sulfide) groups is 1. The first-order valence-electron chi connectivity index (χ1n) is 9.03. The van der Waals surface area contributed by atoms with Gasteiger partial charge in [0.1, 0.15) is 27.9 Å². The molecule has 0 spiro atoms. The number of hydrogen-bond acceptors (Lipinski definition) is 7. The SMILES string of the molecule is CCOC(=O)C1=C(O)/C(=C\c2cc(OC)cc(OC)c2)SC1=Nc1ccc(Cl)cc1. The lowest BCUT2D eigenvalue weighted by atomic mass is 10.1. The lowest BCUT2D eigenvalue weighted by Gasteiger charge is -2.06. The van der Waals surface area contributed by atoms with Crippen molar-refractivity contribution in [1.82, 2.24) is 0 Å². The van der Waals surface area contributed by atoms with Gasteiger partial charge in [-0.05, 0) is 55.0 Å². The van der Waals surface area contributed by atoms with Crippen LogP contribution < -0.4 is 9.47 Å². The highest BCUT2D eigenvalue weighted by Crippen LogP contribution is 2.41. The van der Waals surface area contributed by atoms with Gasteiger partial charge in [-0.25, -0.2) is 9.79 Å². The van der Waals surface area contributed by atoms with E-state index in [4.69, 9.17) is 25.8 Å². The van der Waals surface area contributed by atoms with Crippen molar-refractivity contribution in [1.29, 1.82) is 0 Å². The van der Waals surface area contributed by atoms with Gasteiger partial charge in [0.2, 0.25) is 0 Å². The van der Waals surface area contributed by atoms with E-state index in [2.05, 4.69) is 4.99 Å². The largest absolute Gasteiger partial charge is 0.506 e. The Balaban J connectivity index is 2.05. The van der Waals surface area contributed by atoms with Crippen LogP contribution in [0, 0.1) is 0 Å². The number of esters is 1. The minimum atomic E-state index is -0.637. The van der Waals surface area contributed by atoms with E-state index in [-0.39, 0.29) is 17.9 Å². The molecule has 8 heteroatoms. The predicted octanol–water partition coefficient (Wildman–Crippen LogP) is 5.55. The summed E-state index contributed by atoms with van der Waals surface area (Å²) >= 11 is 7.10. The second-order valence-corrected chi connectivity index (χ2v) is 7.56. The van der Waals surface area contributed by atoms with Gasteiger partial charge < -0.3 is 19.3 Å². The molecule has 1 heterocycles. The van der Waals surface area contributed by atoms with Crippen molar-refractivity contribution in [2.24, 2.45) is 4.99 Å². The standard InChI is InChI=1S/C22H20ClNO5S/c1-4-29-22(26)19-20(25)18(11-13-9-16(27-2)12-17(10-13)28-3)30-21(19)24-15-7-5-14(23)6-8-15/h5-12,25H,4H2,1-3H3/b18-11+,24-21?. The molecule has 0 unspecified atom stereocenters. The number of aliphatic hydroxyl groups is 1. The topological polar surface area (TPSA) is 77.4 Å². The molecule has 0 bridgehead atoms. The van der Waals surface area contributed by atoms with E-state index in [0.717, 1.165) is 5.56 Å². The first kappa shape index (κ1) is 21.8. The highest BCUT2D eigenvalue weighted by molar-refractivity contribution is 8.18. The van der Waals surface area contributed by atoms with E-state index >= 15 is 0 Å². The Labute approximate surface area is 183 Å². The number of methoxy groups -OCH3 is 2. The van der Waals surface area contributed by atoms with Crippen LogP contribution in [-0.2, 0) is 9.53 Å². The maximum absolute atomic E-state index is 12.5. The van der Waals surface area contributed by atoms with E-state index in [1.165, 1.54) is 11.8 Å². The van der Waals surface area contributed by atoms with Crippen LogP contribution in [0.25, 0.3) is 6.08 Å². The van der Waals surface area contributed by atoms with E-state index in [1.807, 2.05) is 0 Å². The number of aliphatic hydroxyl groups excluding tert-OH is 1. The van der Waals surface area contributed by atoms with Crippen LogP contribution >= 0.6 is 23.4 Å². The fourth-order valence-corrected chi connectivity index (χ4v) is 3.85.